The molecule has 106 valence electrons. The number of nitrogen functional groups attached to an aromatic ring is 1. The number of hydrogen-bond acceptors (Lipinski definition) is 4. The quantitative estimate of drug-likeness (QED) is 0.823. The van der Waals surface area contributed by atoms with Crippen LogP contribution in [0.5, 0.6) is 0 Å². The molecule has 1 aliphatic heterocycles. The lowest BCUT2D eigenvalue weighted by molar-refractivity contribution is 0.395. The minimum Gasteiger partial charge on any atom is -0.398 e. The molecule has 19 heavy (non-hydrogen) atoms. The fraction of sp³-hybridized carbons (Fsp3) is 0.538. The van der Waals surface area contributed by atoms with Crippen LogP contribution < -0.4 is 15.8 Å². The van der Waals surface area contributed by atoms with Crippen LogP contribution in [0, 0.1) is 5.92 Å². The van der Waals surface area contributed by atoms with Gasteiger partial charge in [-0.3, -0.25) is 0 Å². The average molecular weight is 283 g/mol. The predicted molar refractivity (Wildman–Crippen MR) is 77.5 cm³/mol. The summed E-state index contributed by atoms with van der Waals surface area (Å²) in [6.45, 7) is 4.21. The molecule has 0 spiro atoms. The van der Waals surface area contributed by atoms with Gasteiger partial charge in [-0.05, 0) is 37.0 Å². The van der Waals surface area contributed by atoms with Crippen LogP contribution in [0.25, 0.3) is 0 Å². The number of rotatable bonds is 3. The molecule has 6 heteroatoms. The highest BCUT2D eigenvalue weighted by Crippen LogP contribution is 2.28. The van der Waals surface area contributed by atoms with Crippen LogP contribution in [0.4, 0.5) is 11.4 Å². The van der Waals surface area contributed by atoms with Crippen molar-refractivity contribution in [1.29, 1.82) is 0 Å². The van der Waals surface area contributed by atoms with Crippen molar-refractivity contribution in [3.8, 4) is 0 Å². The van der Waals surface area contributed by atoms with Crippen LogP contribution in [-0.2, 0) is 10.0 Å². The van der Waals surface area contributed by atoms with E-state index >= 15 is 0 Å². The summed E-state index contributed by atoms with van der Waals surface area (Å²) < 4.78 is 22.6. The van der Waals surface area contributed by atoms with Crippen molar-refractivity contribution in [1.82, 2.24) is 0 Å². The summed E-state index contributed by atoms with van der Waals surface area (Å²) in [5, 5.41) is 5.10. The van der Waals surface area contributed by atoms with E-state index in [1.807, 2.05) is 0 Å². The normalized spacial score (nSPS) is 17.7. The highest BCUT2D eigenvalue weighted by Gasteiger charge is 2.19. The molecular weight excluding hydrogens is 262 g/mol. The van der Waals surface area contributed by atoms with E-state index in [0.717, 1.165) is 24.7 Å². The van der Waals surface area contributed by atoms with Gasteiger partial charge in [0.1, 0.15) is 4.90 Å². The Hall–Kier alpha value is -1.27. The van der Waals surface area contributed by atoms with Gasteiger partial charge in [0.25, 0.3) is 0 Å². The van der Waals surface area contributed by atoms with Gasteiger partial charge in [0.15, 0.2) is 0 Å². The molecule has 1 heterocycles. The Morgan fingerprint density at radius 2 is 1.95 bits per heavy atom. The minimum absolute atomic E-state index is 0.000283. The zero-order valence-corrected chi connectivity index (χ0v) is 12.0. The van der Waals surface area contributed by atoms with E-state index in [4.69, 9.17) is 10.9 Å². The standard InChI is InChI=1S/C13H21N3O2S/c1-2-10-5-7-16(8-6-10)11-3-4-13(12(14)9-11)19(15,17)18/h3-4,9-10H,2,5-8,14H2,1H3,(H2,15,17,18). The summed E-state index contributed by atoms with van der Waals surface area (Å²) in [4.78, 5) is 2.25. The first-order valence-electron chi connectivity index (χ1n) is 6.59. The Labute approximate surface area is 114 Å². The second-order valence-electron chi connectivity index (χ2n) is 5.11. The summed E-state index contributed by atoms with van der Waals surface area (Å²) in [6, 6.07) is 4.97. The van der Waals surface area contributed by atoms with Crippen molar-refractivity contribution >= 4 is 21.4 Å². The third-order valence-corrected chi connectivity index (χ3v) is 4.84. The molecule has 1 aromatic rings. The van der Waals surface area contributed by atoms with Crippen molar-refractivity contribution in [2.24, 2.45) is 11.1 Å². The summed E-state index contributed by atoms with van der Waals surface area (Å²) in [5.74, 6) is 0.803. The summed E-state index contributed by atoms with van der Waals surface area (Å²) >= 11 is 0. The van der Waals surface area contributed by atoms with Gasteiger partial charge in [0, 0.05) is 18.8 Å². The Morgan fingerprint density at radius 3 is 2.42 bits per heavy atom. The number of piperidine rings is 1. The van der Waals surface area contributed by atoms with Crippen LogP contribution in [0.1, 0.15) is 26.2 Å². The molecular formula is C13H21N3O2S. The zero-order valence-electron chi connectivity index (χ0n) is 11.2. The van der Waals surface area contributed by atoms with Gasteiger partial charge < -0.3 is 10.6 Å². The van der Waals surface area contributed by atoms with E-state index in [1.54, 1.807) is 12.1 Å². The van der Waals surface area contributed by atoms with Gasteiger partial charge in [-0.15, -0.1) is 0 Å². The Balaban J connectivity index is 2.17. The summed E-state index contributed by atoms with van der Waals surface area (Å²) in [6.07, 6.45) is 3.57. The molecule has 0 bridgehead atoms. The molecule has 1 saturated heterocycles. The fourth-order valence-electron chi connectivity index (χ4n) is 2.59. The van der Waals surface area contributed by atoms with E-state index in [2.05, 4.69) is 11.8 Å². The summed E-state index contributed by atoms with van der Waals surface area (Å²) in [7, 11) is -3.74. The number of primary sulfonamides is 1. The minimum atomic E-state index is -3.74. The average Bonchev–Trinajstić information content (AvgIpc) is 2.37. The number of benzene rings is 1. The molecule has 1 aliphatic rings. The van der Waals surface area contributed by atoms with Gasteiger partial charge in [0.2, 0.25) is 10.0 Å². The number of hydrogen-bond donors (Lipinski definition) is 2. The van der Waals surface area contributed by atoms with Gasteiger partial charge >= 0.3 is 0 Å². The van der Waals surface area contributed by atoms with E-state index in [-0.39, 0.29) is 10.6 Å². The van der Waals surface area contributed by atoms with Crippen molar-refractivity contribution in [2.45, 2.75) is 31.1 Å². The lowest BCUT2D eigenvalue weighted by Crippen LogP contribution is -2.33. The second-order valence-corrected chi connectivity index (χ2v) is 6.64. The van der Waals surface area contributed by atoms with Crippen molar-refractivity contribution in [2.75, 3.05) is 23.7 Å². The Kier molecular flexibility index (Phi) is 4.01. The van der Waals surface area contributed by atoms with Gasteiger partial charge in [-0.1, -0.05) is 13.3 Å². The molecule has 0 aliphatic carbocycles. The van der Waals surface area contributed by atoms with Crippen molar-refractivity contribution in [3.63, 3.8) is 0 Å². The highest BCUT2D eigenvalue weighted by molar-refractivity contribution is 7.89. The molecule has 0 unspecified atom stereocenters. The number of sulfonamides is 1. The van der Waals surface area contributed by atoms with E-state index < -0.39 is 10.0 Å². The van der Waals surface area contributed by atoms with Gasteiger partial charge in [0.05, 0.1) is 5.69 Å². The molecule has 1 fully saturated rings. The summed E-state index contributed by atoms with van der Waals surface area (Å²) in [5.41, 5.74) is 6.97. The Morgan fingerprint density at radius 1 is 1.32 bits per heavy atom. The molecule has 0 amide bonds. The molecule has 2 rings (SSSR count). The lowest BCUT2D eigenvalue weighted by Gasteiger charge is -2.33. The maximum absolute atomic E-state index is 11.3. The molecule has 4 N–H and O–H groups in total. The van der Waals surface area contributed by atoms with Gasteiger partial charge in [-0.25, -0.2) is 13.6 Å². The third kappa shape index (κ3) is 3.19. The molecule has 1 aromatic carbocycles. The van der Waals surface area contributed by atoms with Crippen LogP contribution in [0.3, 0.4) is 0 Å². The van der Waals surface area contributed by atoms with E-state index in [0.29, 0.717) is 0 Å². The first-order chi connectivity index (χ1) is 8.91. The molecule has 0 atom stereocenters. The second kappa shape index (κ2) is 5.38. The van der Waals surface area contributed by atoms with Crippen LogP contribution in [-0.4, -0.2) is 21.5 Å². The van der Waals surface area contributed by atoms with Crippen molar-refractivity contribution in [3.05, 3.63) is 18.2 Å². The maximum Gasteiger partial charge on any atom is 0.240 e. The van der Waals surface area contributed by atoms with Crippen LogP contribution in [0.15, 0.2) is 23.1 Å². The van der Waals surface area contributed by atoms with Crippen LogP contribution >= 0.6 is 0 Å². The largest absolute Gasteiger partial charge is 0.398 e. The lowest BCUT2D eigenvalue weighted by atomic mass is 9.94. The van der Waals surface area contributed by atoms with Crippen molar-refractivity contribution < 1.29 is 8.42 Å². The zero-order chi connectivity index (χ0) is 14.0. The third-order valence-electron chi connectivity index (χ3n) is 3.86. The fourth-order valence-corrected chi connectivity index (χ4v) is 3.24. The van der Waals surface area contributed by atoms with E-state index in [9.17, 15) is 8.42 Å². The number of nitrogens with zero attached hydrogens (tertiary/aromatic N) is 1. The smallest absolute Gasteiger partial charge is 0.240 e. The SMILES string of the molecule is CCC1CCN(c2ccc(S(N)(=O)=O)c(N)c2)CC1. The predicted octanol–water partition coefficient (Wildman–Crippen LogP) is 1.54. The molecule has 0 radical (unpaired) electrons. The number of anilines is 2. The topological polar surface area (TPSA) is 89.4 Å². The van der Waals surface area contributed by atoms with Gasteiger partial charge in [-0.2, -0.15) is 0 Å². The first-order valence-corrected chi connectivity index (χ1v) is 8.13. The highest BCUT2D eigenvalue weighted by atomic mass is 32.2. The van der Waals surface area contributed by atoms with Crippen LogP contribution in [0.2, 0.25) is 0 Å². The first kappa shape index (κ1) is 14.1. The molecule has 0 saturated carbocycles. The molecule has 5 nitrogen and oxygen atoms in total. The monoisotopic (exact) mass is 283 g/mol. The maximum atomic E-state index is 11.3. The molecule has 0 aromatic heterocycles. The Bertz CT molecular complexity index is 549. The number of nitrogens with two attached hydrogens (primary N) is 2. The van der Waals surface area contributed by atoms with E-state index in [1.165, 1.54) is 25.3 Å².